The number of fused-ring (bicyclic) bond motifs is 3. The van der Waals surface area contributed by atoms with E-state index in [4.69, 9.17) is 19.2 Å². The number of carbonyl (C=O) groups is 1. The minimum absolute atomic E-state index is 0. The summed E-state index contributed by atoms with van der Waals surface area (Å²) in [7, 11) is 0. The number of ether oxygens (including phenoxy) is 3. The van der Waals surface area contributed by atoms with Gasteiger partial charge in [0.1, 0.15) is 18.0 Å². The van der Waals surface area contributed by atoms with Crippen molar-refractivity contribution in [1.29, 1.82) is 0 Å². The Bertz CT molecular complexity index is 1470. The highest BCUT2D eigenvalue weighted by atomic mass is 35.5. The van der Waals surface area contributed by atoms with Crippen molar-refractivity contribution in [3.63, 3.8) is 0 Å². The molecule has 1 N–H and O–H groups in total. The Morgan fingerprint density at radius 2 is 1.77 bits per heavy atom. The van der Waals surface area contributed by atoms with E-state index in [-0.39, 0.29) is 23.5 Å². The lowest BCUT2D eigenvalue weighted by Gasteiger charge is -2.31. The maximum atomic E-state index is 11.3. The largest absolute Gasteiger partial charge is 0.490 e. The highest BCUT2D eigenvalue weighted by molar-refractivity contribution is 6.16. The highest BCUT2D eigenvalue weighted by Gasteiger charge is 2.39. The van der Waals surface area contributed by atoms with Crippen LogP contribution in [-0.4, -0.2) is 34.5 Å². The molecular formula is C33H36ClNO5. The van der Waals surface area contributed by atoms with Crippen molar-refractivity contribution in [2.75, 3.05) is 6.61 Å². The van der Waals surface area contributed by atoms with Crippen LogP contribution in [0, 0.1) is 0 Å². The first-order valence-electron chi connectivity index (χ1n) is 13.4. The zero-order chi connectivity index (χ0) is 27.8. The van der Waals surface area contributed by atoms with E-state index in [2.05, 4.69) is 33.8 Å². The van der Waals surface area contributed by atoms with Crippen LogP contribution in [-0.2, 0) is 24.2 Å². The van der Waals surface area contributed by atoms with Crippen molar-refractivity contribution in [1.82, 2.24) is 0 Å². The maximum absolute atomic E-state index is 11.3. The zero-order valence-electron chi connectivity index (χ0n) is 23.6. The van der Waals surface area contributed by atoms with Crippen molar-refractivity contribution >= 4 is 30.2 Å². The molecule has 3 aromatic rings. The Kier molecular flexibility index (Phi) is 8.31. The Labute approximate surface area is 242 Å². The monoisotopic (exact) mass is 561 g/mol. The van der Waals surface area contributed by atoms with Gasteiger partial charge >= 0.3 is 5.97 Å². The van der Waals surface area contributed by atoms with Crippen LogP contribution >= 0.6 is 12.4 Å². The Morgan fingerprint density at radius 3 is 2.48 bits per heavy atom. The van der Waals surface area contributed by atoms with Gasteiger partial charge in [-0.1, -0.05) is 42.5 Å². The van der Waals surface area contributed by atoms with Crippen LogP contribution in [0.3, 0.4) is 0 Å². The SMILES string of the molecule is CCOc1cc2c(c3c1OC(C)(C)C3)C(c1ccc(C=CC(=O)O)c(OCc3ccccc3)c1)=NC(C)(C)C2.Cl. The van der Waals surface area contributed by atoms with Crippen LogP contribution in [0.2, 0.25) is 0 Å². The van der Waals surface area contributed by atoms with Gasteiger partial charge in [-0.2, -0.15) is 0 Å². The molecule has 210 valence electrons. The molecule has 7 heteroatoms. The van der Waals surface area contributed by atoms with Crippen molar-refractivity contribution in [2.45, 2.75) is 65.2 Å². The first kappa shape index (κ1) is 29.2. The summed E-state index contributed by atoms with van der Waals surface area (Å²) in [4.78, 5) is 16.5. The number of carboxylic acids is 1. The number of nitrogens with zero attached hydrogens (tertiary/aromatic N) is 1. The molecule has 2 aliphatic rings. The third kappa shape index (κ3) is 6.18. The van der Waals surface area contributed by atoms with Gasteiger partial charge in [-0.3, -0.25) is 4.99 Å². The van der Waals surface area contributed by atoms with Crippen LogP contribution in [0.1, 0.15) is 68.0 Å². The maximum Gasteiger partial charge on any atom is 0.328 e. The molecule has 2 heterocycles. The van der Waals surface area contributed by atoms with Gasteiger partial charge in [-0.15, -0.1) is 12.4 Å². The second-order valence-corrected chi connectivity index (χ2v) is 11.3. The smallest absolute Gasteiger partial charge is 0.328 e. The summed E-state index contributed by atoms with van der Waals surface area (Å²) in [5.41, 5.74) is 6.26. The summed E-state index contributed by atoms with van der Waals surface area (Å²) in [5, 5.41) is 9.22. The van der Waals surface area contributed by atoms with Crippen LogP contribution < -0.4 is 14.2 Å². The van der Waals surface area contributed by atoms with Gasteiger partial charge in [-0.05, 0) is 70.4 Å². The predicted molar refractivity (Wildman–Crippen MR) is 161 cm³/mol. The van der Waals surface area contributed by atoms with Gasteiger partial charge < -0.3 is 19.3 Å². The van der Waals surface area contributed by atoms with Crippen LogP contribution in [0.4, 0.5) is 0 Å². The average molecular weight is 562 g/mol. The minimum atomic E-state index is -1.01. The fraction of sp³-hybridized carbons (Fsp3) is 0.333. The lowest BCUT2D eigenvalue weighted by Crippen LogP contribution is -2.30. The molecule has 2 aliphatic heterocycles. The molecule has 3 aromatic carbocycles. The van der Waals surface area contributed by atoms with Crippen molar-refractivity contribution in [3.8, 4) is 17.2 Å². The van der Waals surface area contributed by atoms with E-state index in [1.54, 1.807) is 6.08 Å². The second-order valence-electron chi connectivity index (χ2n) is 11.3. The molecular weight excluding hydrogens is 526 g/mol. The number of carboxylic acid groups (broad SMARTS) is 1. The number of rotatable bonds is 8. The van der Waals surface area contributed by atoms with E-state index >= 15 is 0 Å². The van der Waals surface area contributed by atoms with Gasteiger partial charge in [0.25, 0.3) is 0 Å². The lowest BCUT2D eigenvalue weighted by atomic mass is 9.81. The van der Waals surface area contributed by atoms with Crippen LogP contribution in [0.5, 0.6) is 17.2 Å². The average Bonchev–Trinajstić information content (AvgIpc) is 3.21. The Hall–Kier alpha value is -3.77. The Morgan fingerprint density at radius 1 is 1.02 bits per heavy atom. The molecule has 5 rings (SSSR count). The molecule has 0 atom stereocenters. The van der Waals surface area contributed by atoms with E-state index in [9.17, 15) is 9.90 Å². The van der Waals surface area contributed by atoms with Crippen LogP contribution in [0.25, 0.3) is 6.08 Å². The summed E-state index contributed by atoms with van der Waals surface area (Å²) in [6.45, 7) is 11.4. The fourth-order valence-electron chi connectivity index (χ4n) is 5.38. The van der Waals surface area contributed by atoms with E-state index in [1.165, 1.54) is 5.56 Å². The highest BCUT2D eigenvalue weighted by Crippen LogP contribution is 2.48. The van der Waals surface area contributed by atoms with Gasteiger partial charge in [0.05, 0.1) is 17.9 Å². The van der Waals surface area contributed by atoms with Gasteiger partial charge in [0.15, 0.2) is 11.5 Å². The first-order valence-corrected chi connectivity index (χ1v) is 13.4. The number of aliphatic carboxylic acids is 1. The second kappa shape index (κ2) is 11.4. The summed E-state index contributed by atoms with van der Waals surface area (Å²) in [6, 6.07) is 17.9. The number of hydrogen-bond donors (Lipinski definition) is 1. The molecule has 0 saturated carbocycles. The zero-order valence-corrected chi connectivity index (χ0v) is 24.4. The molecule has 6 nitrogen and oxygen atoms in total. The topological polar surface area (TPSA) is 77.4 Å². The number of hydrogen-bond acceptors (Lipinski definition) is 5. The number of halogens is 1. The molecule has 0 unspecified atom stereocenters. The third-order valence-electron chi connectivity index (χ3n) is 6.91. The molecule has 40 heavy (non-hydrogen) atoms. The van der Waals surface area contributed by atoms with E-state index in [1.807, 2.05) is 55.5 Å². The van der Waals surface area contributed by atoms with Crippen LogP contribution in [0.15, 0.2) is 65.7 Å². The van der Waals surface area contributed by atoms with Crippen molar-refractivity contribution < 1.29 is 24.1 Å². The van der Waals surface area contributed by atoms with E-state index in [0.717, 1.165) is 58.4 Å². The molecule has 0 amide bonds. The molecule has 0 aliphatic carbocycles. The van der Waals surface area contributed by atoms with E-state index < -0.39 is 5.97 Å². The Balaban J connectivity index is 0.00000370. The normalized spacial score (nSPS) is 16.3. The molecule has 0 spiro atoms. The summed E-state index contributed by atoms with van der Waals surface area (Å²) in [5.74, 6) is 1.17. The van der Waals surface area contributed by atoms with Gasteiger partial charge in [-0.25, -0.2) is 4.79 Å². The predicted octanol–water partition coefficient (Wildman–Crippen LogP) is 7.07. The first-order chi connectivity index (χ1) is 18.5. The van der Waals surface area contributed by atoms with E-state index in [0.29, 0.717) is 24.5 Å². The van der Waals surface area contributed by atoms with Gasteiger partial charge in [0.2, 0.25) is 0 Å². The third-order valence-corrected chi connectivity index (χ3v) is 6.91. The van der Waals surface area contributed by atoms with Gasteiger partial charge in [0, 0.05) is 34.8 Å². The molecule has 0 fully saturated rings. The van der Waals surface area contributed by atoms with Crippen molar-refractivity contribution in [3.05, 3.63) is 94.1 Å². The molecule has 0 radical (unpaired) electrons. The minimum Gasteiger partial charge on any atom is -0.490 e. The lowest BCUT2D eigenvalue weighted by molar-refractivity contribution is -0.131. The fourth-order valence-corrected chi connectivity index (χ4v) is 5.38. The number of aliphatic imine (C=N–C) groups is 1. The standard InChI is InChI=1S/C33H35NO5.ClH/c1-6-37-27-17-24-18-32(2,3)34-30(29(24)25-19-33(4,5)39-31(25)27)23-13-12-22(14-15-28(35)36)26(16-23)38-20-21-10-8-7-9-11-21;/h7-17H,6,18-20H2,1-5H3,(H,35,36);1H. The quantitative estimate of drug-likeness (QED) is 0.298. The summed E-state index contributed by atoms with van der Waals surface area (Å²) < 4.78 is 18.7. The summed E-state index contributed by atoms with van der Waals surface area (Å²) in [6.07, 6.45) is 4.23. The summed E-state index contributed by atoms with van der Waals surface area (Å²) >= 11 is 0. The molecule has 0 saturated heterocycles. The van der Waals surface area contributed by atoms with Crippen molar-refractivity contribution in [2.24, 2.45) is 4.99 Å². The number of benzene rings is 3. The molecule has 0 aromatic heterocycles. The molecule has 0 bridgehead atoms.